The van der Waals surface area contributed by atoms with E-state index in [9.17, 15) is 0 Å². The van der Waals surface area contributed by atoms with Crippen LogP contribution in [0.5, 0.6) is 5.75 Å². The summed E-state index contributed by atoms with van der Waals surface area (Å²) in [5, 5.41) is 8.93. The van der Waals surface area contributed by atoms with Crippen LogP contribution in [-0.4, -0.2) is 24.8 Å². The molecule has 0 spiro atoms. The summed E-state index contributed by atoms with van der Waals surface area (Å²) in [5.74, 6) is 0.611. The van der Waals surface area contributed by atoms with Crippen molar-refractivity contribution >= 4 is 0 Å². The molecule has 0 N–H and O–H groups in total. The number of ether oxygens (including phenoxy) is 2. The smallest absolute Gasteiger partial charge is 0.137 e. The van der Waals surface area contributed by atoms with Crippen LogP contribution in [0.4, 0.5) is 0 Å². The summed E-state index contributed by atoms with van der Waals surface area (Å²) >= 11 is 0. The van der Waals surface area contributed by atoms with Crippen molar-refractivity contribution in [3.63, 3.8) is 0 Å². The average Bonchev–Trinajstić information content (AvgIpc) is 2.55. The Morgan fingerprint density at radius 1 is 1.00 bits per heavy atom. The van der Waals surface area contributed by atoms with Crippen LogP contribution in [0.2, 0.25) is 0 Å². The van der Waals surface area contributed by atoms with Crippen molar-refractivity contribution in [3.8, 4) is 11.8 Å². The molecule has 0 saturated carbocycles. The van der Waals surface area contributed by atoms with Crippen LogP contribution in [0, 0.1) is 11.3 Å². The fourth-order valence-corrected chi connectivity index (χ4v) is 1.93. The largest absolute Gasteiger partial charge is 0.490 e. The Kier molecular flexibility index (Phi) is 6.24. The summed E-state index contributed by atoms with van der Waals surface area (Å²) in [5.41, 5.74) is 1.82. The molecule has 0 aliphatic rings. The third-order valence-corrected chi connectivity index (χ3v) is 3.00. The Hall–Kier alpha value is -2.38. The number of aromatic nitrogens is 1. The van der Waals surface area contributed by atoms with Crippen molar-refractivity contribution in [2.75, 3.05) is 19.8 Å². The van der Waals surface area contributed by atoms with Gasteiger partial charge in [0.2, 0.25) is 0 Å². The van der Waals surface area contributed by atoms with E-state index in [1.807, 2.05) is 24.3 Å². The summed E-state index contributed by atoms with van der Waals surface area (Å²) in [6, 6.07) is 13.3. The molecule has 1 aromatic heterocycles. The van der Waals surface area contributed by atoms with Gasteiger partial charge >= 0.3 is 0 Å². The topological polar surface area (TPSA) is 55.1 Å². The van der Waals surface area contributed by atoms with Gasteiger partial charge in [-0.15, -0.1) is 0 Å². The number of rotatable bonds is 8. The normalized spacial score (nSPS) is 10.0. The third kappa shape index (κ3) is 5.25. The number of hydrogen-bond donors (Lipinski definition) is 0. The van der Waals surface area contributed by atoms with Gasteiger partial charge in [-0.3, -0.25) is 4.98 Å². The second kappa shape index (κ2) is 8.72. The highest BCUT2D eigenvalue weighted by atomic mass is 16.5. The van der Waals surface area contributed by atoms with E-state index in [1.54, 1.807) is 24.5 Å². The Balaban J connectivity index is 1.57. The summed E-state index contributed by atoms with van der Waals surface area (Å²) in [6.45, 7) is 1.68. The summed E-state index contributed by atoms with van der Waals surface area (Å²) < 4.78 is 11.1. The fourth-order valence-electron chi connectivity index (χ4n) is 1.93. The van der Waals surface area contributed by atoms with E-state index in [0.717, 1.165) is 12.8 Å². The van der Waals surface area contributed by atoms with Gasteiger partial charge in [0.05, 0.1) is 12.2 Å². The summed E-state index contributed by atoms with van der Waals surface area (Å²) in [4.78, 5) is 3.99. The molecule has 0 fully saturated rings. The molecule has 0 aliphatic carbocycles. The van der Waals surface area contributed by atoms with Gasteiger partial charge < -0.3 is 9.47 Å². The molecule has 0 saturated heterocycles. The van der Waals surface area contributed by atoms with Crippen molar-refractivity contribution < 1.29 is 9.47 Å². The van der Waals surface area contributed by atoms with Crippen LogP contribution < -0.4 is 4.74 Å². The maximum absolute atomic E-state index is 8.93. The summed E-state index contributed by atoms with van der Waals surface area (Å²) in [6.07, 6.45) is 5.56. The number of aryl methyl sites for hydroxylation is 1. The lowest BCUT2D eigenvalue weighted by Crippen LogP contribution is -2.08. The summed E-state index contributed by atoms with van der Waals surface area (Å²) in [7, 11) is 0. The quantitative estimate of drug-likeness (QED) is 0.698. The first-order valence-corrected chi connectivity index (χ1v) is 6.99. The first kappa shape index (κ1) is 15.0. The Labute approximate surface area is 125 Å². The zero-order valence-corrected chi connectivity index (χ0v) is 11.9. The number of para-hydroxylation sites is 1. The first-order chi connectivity index (χ1) is 10.4. The SMILES string of the molecule is N#Cc1ccccc1OCCOCCCc1ccncc1. The number of benzene rings is 1. The lowest BCUT2D eigenvalue weighted by Gasteiger charge is -2.08. The van der Waals surface area contributed by atoms with Gasteiger partial charge in [-0.1, -0.05) is 12.1 Å². The second-order valence-electron chi connectivity index (χ2n) is 4.53. The van der Waals surface area contributed by atoms with Crippen molar-refractivity contribution in [3.05, 3.63) is 59.9 Å². The van der Waals surface area contributed by atoms with E-state index in [0.29, 0.717) is 31.1 Å². The molecule has 4 heteroatoms. The lowest BCUT2D eigenvalue weighted by molar-refractivity contribution is 0.0984. The molecule has 0 atom stereocenters. The Morgan fingerprint density at radius 2 is 1.81 bits per heavy atom. The zero-order chi connectivity index (χ0) is 14.8. The van der Waals surface area contributed by atoms with Crippen molar-refractivity contribution in [1.29, 1.82) is 5.26 Å². The monoisotopic (exact) mass is 282 g/mol. The van der Waals surface area contributed by atoms with E-state index in [1.165, 1.54) is 5.56 Å². The number of hydrogen-bond acceptors (Lipinski definition) is 4. The highest BCUT2D eigenvalue weighted by Crippen LogP contribution is 2.16. The van der Waals surface area contributed by atoms with E-state index in [4.69, 9.17) is 14.7 Å². The van der Waals surface area contributed by atoms with Gasteiger partial charge in [-0.25, -0.2) is 0 Å². The molecule has 2 aromatic rings. The van der Waals surface area contributed by atoms with Crippen LogP contribution in [0.1, 0.15) is 17.5 Å². The first-order valence-electron chi connectivity index (χ1n) is 6.99. The molecule has 0 amide bonds. The Morgan fingerprint density at radius 3 is 2.62 bits per heavy atom. The third-order valence-electron chi connectivity index (χ3n) is 3.00. The van der Waals surface area contributed by atoms with E-state index >= 15 is 0 Å². The van der Waals surface area contributed by atoms with Gasteiger partial charge in [0, 0.05) is 19.0 Å². The lowest BCUT2D eigenvalue weighted by atomic mass is 10.1. The minimum atomic E-state index is 0.452. The predicted molar refractivity (Wildman–Crippen MR) is 80.0 cm³/mol. The molecule has 0 unspecified atom stereocenters. The highest BCUT2D eigenvalue weighted by molar-refractivity contribution is 5.42. The maximum Gasteiger partial charge on any atom is 0.137 e. The number of pyridine rings is 1. The van der Waals surface area contributed by atoms with Gasteiger partial charge in [-0.05, 0) is 42.7 Å². The van der Waals surface area contributed by atoms with Crippen LogP contribution >= 0.6 is 0 Å². The molecule has 2 rings (SSSR count). The van der Waals surface area contributed by atoms with Gasteiger partial charge in [0.1, 0.15) is 18.4 Å². The van der Waals surface area contributed by atoms with Crippen LogP contribution in [-0.2, 0) is 11.2 Å². The maximum atomic E-state index is 8.93. The fraction of sp³-hybridized carbons (Fsp3) is 0.294. The van der Waals surface area contributed by atoms with Crippen molar-refractivity contribution in [2.24, 2.45) is 0 Å². The molecular formula is C17H18N2O2. The Bertz CT molecular complexity index is 579. The number of nitriles is 1. The highest BCUT2D eigenvalue weighted by Gasteiger charge is 2.01. The van der Waals surface area contributed by atoms with Crippen LogP contribution in [0.15, 0.2) is 48.8 Å². The molecule has 1 aromatic carbocycles. The standard InChI is InChI=1S/C17H18N2O2/c18-14-16-5-1-2-6-17(16)21-13-12-20-11-3-4-15-7-9-19-10-8-15/h1-2,5-10H,3-4,11-13H2. The minimum absolute atomic E-state index is 0.452. The van der Waals surface area contributed by atoms with E-state index in [-0.39, 0.29) is 0 Å². The minimum Gasteiger partial charge on any atom is -0.490 e. The average molecular weight is 282 g/mol. The second-order valence-corrected chi connectivity index (χ2v) is 4.53. The molecule has 0 aliphatic heterocycles. The van der Waals surface area contributed by atoms with Crippen LogP contribution in [0.3, 0.4) is 0 Å². The number of nitrogens with zero attached hydrogens (tertiary/aromatic N) is 2. The van der Waals surface area contributed by atoms with Gasteiger partial charge in [0.15, 0.2) is 0 Å². The molecule has 0 radical (unpaired) electrons. The van der Waals surface area contributed by atoms with E-state index < -0.39 is 0 Å². The molecule has 1 heterocycles. The molecule has 21 heavy (non-hydrogen) atoms. The molecular weight excluding hydrogens is 264 g/mol. The van der Waals surface area contributed by atoms with Gasteiger partial charge in [-0.2, -0.15) is 5.26 Å². The predicted octanol–water partition coefficient (Wildman–Crippen LogP) is 2.98. The van der Waals surface area contributed by atoms with Crippen LogP contribution in [0.25, 0.3) is 0 Å². The van der Waals surface area contributed by atoms with Crippen molar-refractivity contribution in [2.45, 2.75) is 12.8 Å². The zero-order valence-electron chi connectivity index (χ0n) is 11.9. The van der Waals surface area contributed by atoms with Crippen molar-refractivity contribution in [1.82, 2.24) is 4.98 Å². The molecule has 4 nitrogen and oxygen atoms in total. The molecule has 0 bridgehead atoms. The van der Waals surface area contributed by atoms with E-state index in [2.05, 4.69) is 11.1 Å². The molecule has 108 valence electrons. The van der Waals surface area contributed by atoms with Gasteiger partial charge in [0.25, 0.3) is 0 Å².